The van der Waals surface area contributed by atoms with Crippen LogP contribution in [0.2, 0.25) is 0 Å². The summed E-state index contributed by atoms with van der Waals surface area (Å²) in [5.41, 5.74) is 5.41. The largest absolute Gasteiger partial charge is 0.270 e. The fourth-order valence-corrected chi connectivity index (χ4v) is 3.72. The molecule has 0 saturated carbocycles. The van der Waals surface area contributed by atoms with Gasteiger partial charge in [0, 0.05) is 5.39 Å². The van der Waals surface area contributed by atoms with Crippen LogP contribution in [0.3, 0.4) is 0 Å². The molecular formula is C24H27NO. The number of anilines is 1. The van der Waals surface area contributed by atoms with Gasteiger partial charge in [-0.05, 0) is 64.7 Å². The van der Waals surface area contributed by atoms with E-state index >= 15 is 0 Å². The Morgan fingerprint density at radius 2 is 1.35 bits per heavy atom. The Balaban J connectivity index is 2.10. The van der Waals surface area contributed by atoms with Gasteiger partial charge < -0.3 is 0 Å². The highest BCUT2D eigenvalue weighted by Crippen LogP contribution is 2.43. The van der Waals surface area contributed by atoms with Crippen molar-refractivity contribution in [2.24, 2.45) is 0 Å². The van der Waals surface area contributed by atoms with Gasteiger partial charge in [0.1, 0.15) is 0 Å². The second-order valence-electron chi connectivity index (χ2n) is 9.22. The van der Waals surface area contributed by atoms with Gasteiger partial charge in [-0.2, -0.15) is 0 Å². The van der Waals surface area contributed by atoms with E-state index in [-0.39, 0.29) is 11.0 Å². The van der Waals surface area contributed by atoms with Crippen molar-refractivity contribution in [3.8, 4) is 0 Å². The predicted octanol–water partition coefficient (Wildman–Crippen LogP) is 7.02. The first-order valence-electron chi connectivity index (χ1n) is 9.30. The average Bonchev–Trinajstić information content (AvgIpc) is 2.56. The molecule has 134 valence electrons. The Hall–Kier alpha value is -2.32. The Morgan fingerprint density at radius 1 is 0.731 bits per heavy atom. The van der Waals surface area contributed by atoms with Crippen molar-refractivity contribution >= 4 is 38.0 Å². The molecule has 4 rings (SSSR count). The molecule has 0 aliphatic heterocycles. The standard InChI is InChI=1S/C24H27NO/c1-23(2,3)19-14-17-11-10-15-8-7-9-16-12-13-18(21(17)20(15)16)22(19)25-26-24(4,5)6/h7-14,25H,1-6H3. The molecule has 0 saturated heterocycles. The summed E-state index contributed by atoms with van der Waals surface area (Å²) in [5.74, 6) is 0. The van der Waals surface area contributed by atoms with E-state index < -0.39 is 0 Å². The van der Waals surface area contributed by atoms with Crippen molar-refractivity contribution in [1.29, 1.82) is 0 Å². The van der Waals surface area contributed by atoms with Crippen LogP contribution in [0, 0.1) is 0 Å². The smallest absolute Gasteiger partial charge is 0.0876 e. The van der Waals surface area contributed by atoms with Crippen LogP contribution in [-0.2, 0) is 10.3 Å². The maximum Gasteiger partial charge on any atom is 0.0876 e. The fourth-order valence-electron chi connectivity index (χ4n) is 3.72. The van der Waals surface area contributed by atoms with Crippen molar-refractivity contribution < 1.29 is 4.84 Å². The van der Waals surface area contributed by atoms with Gasteiger partial charge in [-0.25, -0.2) is 0 Å². The van der Waals surface area contributed by atoms with Crippen molar-refractivity contribution in [2.45, 2.75) is 52.6 Å². The SMILES string of the molecule is CC(C)(C)ONc1c(C(C)(C)C)cc2ccc3cccc4ccc1c2c34. The second-order valence-corrected chi connectivity index (χ2v) is 9.22. The zero-order chi connectivity index (χ0) is 18.7. The molecule has 0 heterocycles. The Bertz CT molecular complexity index is 1080. The summed E-state index contributed by atoms with van der Waals surface area (Å²) in [6.45, 7) is 12.9. The molecule has 0 atom stereocenters. The molecule has 0 spiro atoms. The lowest BCUT2D eigenvalue weighted by Gasteiger charge is -2.28. The summed E-state index contributed by atoms with van der Waals surface area (Å²) in [5, 5.41) is 7.73. The average molecular weight is 345 g/mol. The van der Waals surface area contributed by atoms with Gasteiger partial charge >= 0.3 is 0 Å². The van der Waals surface area contributed by atoms with Crippen LogP contribution in [0.15, 0.2) is 48.5 Å². The molecule has 4 aromatic rings. The van der Waals surface area contributed by atoms with Gasteiger partial charge in [0.15, 0.2) is 0 Å². The number of hydrogen-bond donors (Lipinski definition) is 1. The molecule has 0 unspecified atom stereocenters. The molecule has 0 aromatic heterocycles. The fraction of sp³-hybridized carbons (Fsp3) is 0.333. The van der Waals surface area contributed by atoms with Gasteiger partial charge in [-0.15, -0.1) is 0 Å². The summed E-state index contributed by atoms with van der Waals surface area (Å²) in [4.78, 5) is 5.99. The molecule has 0 bridgehead atoms. The van der Waals surface area contributed by atoms with E-state index in [1.54, 1.807) is 0 Å². The molecule has 26 heavy (non-hydrogen) atoms. The highest BCUT2D eigenvalue weighted by atomic mass is 16.7. The summed E-state index contributed by atoms with van der Waals surface area (Å²) in [6.07, 6.45) is 0. The number of benzene rings is 4. The van der Waals surface area contributed by atoms with Crippen molar-refractivity contribution in [2.75, 3.05) is 5.48 Å². The van der Waals surface area contributed by atoms with Crippen molar-refractivity contribution in [3.05, 3.63) is 54.1 Å². The van der Waals surface area contributed by atoms with Crippen LogP contribution in [0.5, 0.6) is 0 Å². The highest BCUT2D eigenvalue weighted by Gasteiger charge is 2.24. The Labute approximate surface area is 155 Å². The normalized spacial score (nSPS) is 13.2. The predicted molar refractivity (Wildman–Crippen MR) is 113 cm³/mol. The second kappa shape index (κ2) is 5.59. The topological polar surface area (TPSA) is 21.3 Å². The lowest BCUT2D eigenvalue weighted by molar-refractivity contribution is 0.0375. The summed E-state index contributed by atoms with van der Waals surface area (Å²) < 4.78 is 0. The molecule has 2 heteroatoms. The van der Waals surface area contributed by atoms with E-state index in [1.165, 1.54) is 37.9 Å². The van der Waals surface area contributed by atoms with Crippen LogP contribution < -0.4 is 5.48 Å². The highest BCUT2D eigenvalue weighted by molar-refractivity contribution is 6.25. The van der Waals surface area contributed by atoms with E-state index in [1.807, 2.05) is 0 Å². The molecule has 4 aromatic carbocycles. The van der Waals surface area contributed by atoms with Crippen molar-refractivity contribution in [3.63, 3.8) is 0 Å². The third-order valence-electron chi connectivity index (χ3n) is 4.91. The first-order valence-corrected chi connectivity index (χ1v) is 9.30. The number of nitrogens with one attached hydrogen (secondary N) is 1. The molecule has 0 aliphatic rings. The van der Waals surface area contributed by atoms with Gasteiger partial charge in [-0.3, -0.25) is 10.3 Å². The number of rotatable bonds is 2. The Kier molecular flexibility index (Phi) is 3.68. The van der Waals surface area contributed by atoms with E-state index in [0.717, 1.165) is 5.69 Å². The summed E-state index contributed by atoms with van der Waals surface area (Å²) in [6, 6.07) is 17.8. The minimum absolute atomic E-state index is 0.00797. The van der Waals surface area contributed by atoms with E-state index in [4.69, 9.17) is 4.84 Å². The summed E-state index contributed by atoms with van der Waals surface area (Å²) >= 11 is 0. The van der Waals surface area contributed by atoms with Gasteiger partial charge in [0.05, 0.1) is 11.3 Å². The third-order valence-corrected chi connectivity index (χ3v) is 4.91. The lowest BCUT2D eigenvalue weighted by atomic mass is 9.82. The van der Waals surface area contributed by atoms with Gasteiger partial charge in [-0.1, -0.05) is 63.2 Å². The molecular weight excluding hydrogens is 318 g/mol. The maximum atomic E-state index is 5.99. The van der Waals surface area contributed by atoms with E-state index in [2.05, 4.69) is 95.6 Å². The number of hydrogen-bond acceptors (Lipinski definition) is 2. The quantitative estimate of drug-likeness (QED) is 0.311. The maximum absolute atomic E-state index is 5.99. The van der Waals surface area contributed by atoms with Crippen molar-refractivity contribution in [1.82, 2.24) is 0 Å². The van der Waals surface area contributed by atoms with Crippen LogP contribution in [0.4, 0.5) is 5.69 Å². The molecule has 0 radical (unpaired) electrons. The molecule has 1 N–H and O–H groups in total. The molecule has 0 fully saturated rings. The van der Waals surface area contributed by atoms with Gasteiger partial charge in [0.2, 0.25) is 0 Å². The van der Waals surface area contributed by atoms with Crippen LogP contribution in [0.25, 0.3) is 32.3 Å². The zero-order valence-electron chi connectivity index (χ0n) is 16.5. The van der Waals surface area contributed by atoms with E-state index in [0.29, 0.717) is 0 Å². The molecule has 2 nitrogen and oxygen atoms in total. The minimum atomic E-state index is -0.265. The monoisotopic (exact) mass is 345 g/mol. The Morgan fingerprint density at radius 3 is 1.96 bits per heavy atom. The molecule has 0 amide bonds. The van der Waals surface area contributed by atoms with Crippen LogP contribution >= 0.6 is 0 Å². The first-order chi connectivity index (χ1) is 12.1. The van der Waals surface area contributed by atoms with Crippen LogP contribution in [-0.4, -0.2) is 5.60 Å². The molecule has 0 aliphatic carbocycles. The zero-order valence-corrected chi connectivity index (χ0v) is 16.5. The third kappa shape index (κ3) is 2.79. The van der Waals surface area contributed by atoms with E-state index in [9.17, 15) is 0 Å². The lowest BCUT2D eigenvalue weighted by Crippen LogP contribution is -2.25. The van der Waals surface area contributed by atoms with Gasteiger partial charge in [0.25, 0.3) is 0 Å². The first kappa shape index (κ1) is 17.1. The summed E-state index contributed by atoms with van der Waals surface area (Å²) in [7, 11) is 0. The van der Waals surface area contributed by atoms with Crippen LogP contribution in [0.1, 0.15) is 47.1 Å². The minimum Gasteiger partial charge on any atom is -0.270 e.